The quantitative estimate of drug-likeness (QED) is 0.680. The van der Waals surface area contributed by atoms with Gasteiger partial charge in [0, 0.05) is 30.2 Å². The van der Waals surface area contributed by atoms with E-state index >= 15 is 0 Å². The van der Waals surface area contributed by atoms with Gasteiger partial charge in [0.25, 0.3) is 5.91 Å². The van der Waals surface area contributed by atoms with E-state index in [0.717, 1.165) is 11.1 Å². The van der Waals surface area contributed by atoms with Gasteiger partial charge in [0.15, 0.2) is 0 Å². The molecule has 0 aliphatic carbocycles. The Morgan fingerprint density at radius 1 is 1.10 bits per heavy atom. The molecule has 3 aromatic rings. The van der Waals surface area contributed by atoms with Gasteiger partial charge < -0.3 is 24.7 Å². The van der Waals surface area contributed by atoms with Crippen molar-refractivity contribution in [2.75, 3.05) is 25.5 Å². The minimum Gasteiger partial charge on any atom is -0.497 e. The zero-order chi connectivity index (χ0) is 21.1. The third kappa shape index (κ3) is 4.10. The number of furan rings is 1. The molecule has 1 aliphatic heterocycles. The summed E-state index contributed by atoms with van der Waals surface area (Å²) in [5.74, 6) is 1.09. The number of amides is 3. The maximum absolute atomic E-state index is 13.0. The van der Waals surface area contributed by atoms with Gasteiger partial charge in [-0.1, -0.05) is 18.2 Å². The fourth-order valence-corrected chi connectivity index (χ4v) is 3.82. The Morgan fingerprint density at radius 2 is 1.83 bits per heavy atom. The molecule has 1 aromatic heterocycles. The summed E-state index contributed by atoms with van der Waals surface area (Å²) in [4.78, 5) is 27.2. The van der Waals surface area contributed by atoms with E-state index in [9.17, 15) is 9.59 Å². The minimum atomic E-state index is -0.160. The predicted octanol–water partition coefficient (Wildman–Crippen LogP) is 4.18. The summed E-state index contributed by atoms with van der Waals surface area (Å²) < 4.78 is 11.0. The van der Waals surface area contributed by atoms with Gasteiger partial charge in [-0.3, -0.25) is 4.79 Å². The van der Waals surface area contributed by atoms with Crippen molar-refractivity contribution < 1.29 is 18.7 Å². The van der Waals surface area contributed by atoms with Gasteiger partial charge in [0.1, 0.15) is 17.1 Å². The molecule has 7 nitrogen and oxygen atoms in total. The molecule has 1 saturated heterocycles. The lowest BCUT2D eigenvalue weighted by molar-refractivity contribution is 0.0919. The Balaban J connectivity index is 1.37. The van der Waals surface area contributed by atoms with E-state index in [0.29, 0.717) is 48.6 Å². The number of anilines is 1. The monoisotopic (exact) mass is 407 g/mol. The van der Waals surface area contributed by atoms with Crippen LogP contribution in [0.1, 0.15) is 29.0 Å². The number of hydrogen-bond acceptors (Lipinski definition) is 4. The molecule has 2 aromatic carbocycles. The number of para-hydroxylation sites is 1. The molecule has 2 N–H and O–H groups in total. The van der Waals surface area contributed by atoms with Crippen LogP contribution in [0.2, 0.25) is 0 Å². The number of benzene rings is 2. The van der Waals surface area contributed by atoms with Crippen molar-refractivity contribution in [1.29, 1.82) is 0 Å². The van der Waals surface area contributed by atoms with Gasteiger partial charge in [-0.05, 0) is 50.1 Å². The molecular weight excluding hydrogens is 382 g/mol. The van der Waals surface area contributed by atoms with Crippen molar-refractivity contribution in [3.8, 4) is 5.75 Å². The summed E-state index contributed by atoms with van der Waals surface area (Å²) in [6.45, 7) is 2.96. The Kier molecular flexibility index (Phi) is 5.61. The van der Waals surface area contributed by atoms with Crippen molar-refractivity contribution in [2.45, 2.75) is 25.8 Å². The van der Waals surface area contributed by atoms with E-state index in [4.69, 9.17) is 9.15 Å². The summed E-state index contributed by atoms with van der Waals surface area (Å²) in [7, 11) is 1.59. The number of carbonyl (C=O) groups excluding carboxylic acids is 2. The largest absolute Gasteiger partial charge is 0.497 e. The van der Waals surface area contributed by atoms with Crippen molar-refractivity contribution in [1.82, 2.24) is 10.2 Å². The number of ether oxygens (including phenoxy) is 1. The molecule has 0 unspecified atom stereocenters. The van der Waals surface area contributed by atoms with Crippen LogP contribution in [0.15, 0.2) is 52.9 Å². The Bertz CT molecular complexity index is 1050. The number of likely N-dealkylation sites (tertiary alicyclic amines) is 1. The van der Waals surface area contributed by atoms with Crippen LogP contribution in [0.3, 0.4) is 0 Å². The van der Waals surface area contributed by atoms with E-state index in [1.807, 2.05) is 48.5 Å². The standard InChI is InChI=1S/C23H25N3O4/c1-15-21(19-14-18(29-2)8-9-20(19)30-15)22(27)24-17-10-12-26(13-11-17)23(28)25-16-6-4-3-5-7-16/h3-9,14,17H,10-13H2,1-2H3,(H,24,27)(H,25,28). The van der Waals surface area contributed by atoms with Crippen LogP contribution in [0, 0.1) is 6.92 Å². The SMILES string of the molecule is COc1ccc2oc(C)c(C(=O)NC3CCN(C(=O)Nc4ccccc4)CC3)c2c1. The summed E-state index contributed by atoms with van der Waals surface area (Å²) in [5, 5.41) is 6.75. The first kappa shape index (κ1) is 19.8. The van der Waals surface area contributed by atoms with Crippen LogP contribution in [0.4, 0.5) is 10.5 Å². The number of urea groups is 1. The second-order valence-corrected chi connectivity index (χ2v) is 7.43. The number of hydrogen-bond donors (Lipinski definition) is 2. The molecule has 1 aliphatic rings. The van der Waals surface area contributed by atoms with Gasteiger partial charge in [0.05, 0.1) is 12.7 Å². The van der Waals surface area contributed by atoms with E-state index < -0.39 is 0 Å². The highest BCUT2D eigenvalue weighted by Gasteiger charge is 2.26. The van der Waals surface area contributed by atoms with Crippen LogP contribution in [0.5, 0.6) is 5.75 Å². The molecule has 1 fully saturated rings. The maximum Gasteiger partial charge on any atom is 0.321 e. The Hall–Kier alpha value is -3.48. The summed E-state index contributed by atoms with van der Waals surface area (Å²) in [6, 6.07) is 14.7. The van der Waals surface area contributed by atoms with Gasteiger partial charge in [-0.25, -0.2) is 4.79 Å². The highest BCUT2D eigenvalue weighted by molar-refractivity contribution is 6.07. The number of nitrogens with one attached hydrogen (secondary N) is 2. The van der Waals surface area contributed by atoms with E-state index in [1.54, 1.807) is 18.9 Å². The Labute approximate surface area is 175 Å². The van der Waals surface area contributed by atoms with Crippen LogP contribution in [0.25, 0.3) is 11.0 Å². The molecule has 0 atom stereocenters. The predicted molar refractivity (Wildman–Crippen MR) is 115 cm³/mol. The number of carbonyl (C=O) groups is 2. The molecule has 2 heterocycles. The molecule has 30 heavy (non-hydrogen) atoms. The molecule has 0 spiro atoms. The molecule has 0 bridgehead atoms. The van der Waals surface area contributed by atoms with Crippen molar-refractivity contribution >= 4 is 28.6 Å². The number of nitrogens with zero attached hydrogens (tertiary/aromatic N) is 1. The van der Waals surface area contributed by atoms with Crippen molar-refractivity contribution in [3.05, 3.63) is 59.9 Å². The second kappa shape index (κ2) is 8.49. The summed E-state index contributed by atoms with van der Waals surface area (Å²) in [5.41, 5.74) is 1.97. The first-order chi connectivity index (χ1) is 14.5. The lowest BCUT2D eigenvalue weighted by Gasteiger charge is -2.32. The average Bonchev–Trinajstić information content (AvgIpc) is 3.09. The molecule has 156 valence electrons. The third-order valence-electron chi connectivity index (χ3n) is 5.44. The topological polar surface area (TPSA) is 83.8 Å². The van der Waals surface area contributed by atoms with Gasteiger partial charge in [-0.15, -0.1) is 0 Å². The molecule has 0 saturated carbocycles. The van der Waals surface area contributed by atoms with E-state index in [1.165, 1.54) is 0 Å². The maximum atomic E-state index is 13.0. The number of fused-ring (bicyclic) bond motifs is 1. The fourth-order valence-electron chi connectivity index (χ4n) is 3.82. The van der Waals surface area contributed by atoms with Gasteiger partial charge in [0.2, 0.25) is 0 Å². The molecular formula is C23H25N3O4. The Morgan fingerprint density at radius 3 is 2.53 bits per heavy atom. The highest BCUT2D eigenvalue weighted by Crippen LogP contribution is 2.29. The third-order valence-corrected chi connectivity index (χ3v) is 5.44. The summed E-state index contributed by atoms with van der Waals surface area (Å²) in [6.07, 6.45) is 1.40. The number of piperidine rings is 1. The van der Waals surface area contributed by atoms with Gasteiger partial charge >= 0.3 is 6.03 Å². The zero-order valence-corrected chi connectivity index (χ0v) is 17.1. The van der Waals surface area contributed by atoms with Gasteiger partial charge in [-0.2, -0.15) is 0 Å². The summed E-state index contributed by atoms with van der Waals surface area (Å²) >= 11 is 0. The number of aryl methyl sites for hydroxylation is 1. The van der Waals surface area contributed by atoms with Crippen LogP contribution in [-0.4, -0.2) is 43.1 Å². The fraction of sp³-hybridized carbons (Fsp3) is 0.304. The minimum absolute atomic E-state index is 0.00762. The van der Waals surface area contributed by atoms with Crippen molar-refractivity contribution in [3.63, 3.8) is 0 Å². The normalized spacial score (nSPS) is 14.5. The lowest BCUT2D eigenvalue weighted by atomic mass is 10.0. The lowest BCUT2D eigenvalue weighted by Crippen LogP contribution is -2.47. The molecule has 3 amide bonds. The molecule has 7 heteroatoms. The zero-order valence-electron chi connectivity index (χ0n) is 17.1. The second-order valence-electron chi connectivity index (χ2n) is 7.43. The molecule has 4 rings (SSSR count). The van der Waals surface area contributed by atoms with E-state index in [2.05, 4.69) is 10.6 Å². The van der Waals surface area contributed by atoms with Crippen molar-refractivity contribution in [2.24, 2.45) is 0 Å². The smallest absolute Gasteiger partial charge is 0.321 e. The number of rotatable bonds is 4. The van der Waals surface area contributed by atoms with E-state index in [-0.39, 0.29) is 18.0 Å². The highest BCUT2D eigenvalue weighted by atomic mass is 16.5. The average molecular weight is 407 g/mol. The van der Waals surface area contributed by atoms with Crippen LogP contribution < -0.4 is 15.4 Å². The number of methoxy groups -OCH3 is 1. The first-order valence-corrected chi connectivity index (χ1v) is 10.0. The van der Waals surface area contributed by atoms with Crippen LogP contribution in [-0.2, 0) is 0 Å². The molecule has 0 radical (unpaired) electrons. The first-order valence-electron chi connectivity index (χ1n) is 10.0. The van der Waals surface area contributed by atoms with Crippen LogP contribution >= 0.6 is 0 Å².